The molecular weight excluding hydrogens is 216 g/mol. The Morgan fingerprint density at radius 1 is 1.06 bits per heavy atom. The standard InChI is InChI=1S/C13H24N2S/c14-12(16)4-9-15-10-7-13(8-11-15)5-2-1-3-6-13/h1-11H2,(H2,14,16). The molecule has 1 aliphatic carbocycles. The van der Waals surface area contributed by atoms with Crippen molar-refractivity contribution in [1.82, 2.24) is 4.90 Å². The van der Waals surface area contributed by atoms with E-state index in [9.17, 15) is 0 Å². The molecular formula is C13H24N2S. The number of rotatable bonds is 3. The van der Waals surface area contributed by atoms with Crippen LogP contribution in [-0.4, -0.2) is 29.5 Å². The van der Waals surface area contributed by atoms with Crippen molar-refractivity contribution in [1.29, 1.82) is 0 Å². The Balaban J connectivity index is 1.75. The van der Waals surface area contributed by atoms with E-state index in [1.807, 2.05) is 0 Å². The monoisotopic (exact) mass is 240 g/mol. The fourth-order valence-electron chi connectivity index (χ4n) is 3.32. The van der Waals surface area contributed by atoms with Crippen LogP contribution in [0, 0.1) is 5.41 Å². The molecule has 16 heavy (non-hydrogen) atoms. The Labute approximate surface area is 105 Å². The van der Waals surface area contributed by atoms with Gasteiger partial charge in [0, 0.05) is 13.0 Å². The van der Waals surface area contributed by atoms with Crippen molar-refractivity contribution in [2.45, 2.75) is 51.4 Å². The van der Waals surface area contributed by atoms with E-state index in [0.717, 1.165) is 18.4 Å². The zero-order valence-corrected chi connectivity index (χ0v) is 11.0. The lowest BCUT2D eigenvalue weighted by Gasteiger charge is -2.44. The Morgan fingerprint density at radius 3 is 2.25 bits per heavy atom. The molecule has 0 amide bonds. The van der Waals surface area contributed by atoms with Gasteiger partial charge in [0.1, 0.15) is 0 Å². The predicted octanol–water partition coefficient (Wildman–Crippen LogP) is 2.71. The van der Waals surface area contributed by atoms with Crippen molar-refractivity contribution in [3.8, 4) is 0 Å². The maximum atomic E-state index is 5.55. The summed E-state index contributed by atoms with van der Waals surface area (Å²) in [6.45, 7) is 3.61. The van der Waals surface area contributed by atoms with Crippen molar-refractivity contribution < 1.29 is 0 Å². The van der Waals surface area contributed by atoms with Gasteiger partial charge in [0.15, 0.2) is 0 Å². The van der Waals surface area contributed by atoms with Crippen molar-refractivity contribution >= 4 is 17.2 Å². The fraction of sp³-hybridized carbons (Fsp3) is 0.923. The zero-order chi connectivity index (χ0) is 11.4. The molecule has 2 N–H and O–H groups in total. The summed E-state index contributed by atoms with van der Waals surface area (Å²) in [5.74, 6) is 0. The molecule has 2 fully saturated rings. The Morgan fingerprint density at radius 2 is 1.69 bits per heavy atom. The average Bonchev–Trinajstić information content (AvgIpc) is 2.29. The normalized spacial score (nSPS) is 25.8. The van der Waals surface area contributed by atoms with Crippen LogP contribution in [0.2, 0.25) is 0 Å². The summed E-state index contributed by atoms with van der Waals surface area (Å²) in [5, 5.41) is 0. The van der Waals surface area contributed by atoms with Gasteiger partial charge in [0.25, 0.3) is 0 Å². The average molecular weight is 240 g/mol. The number of hydrogen-bond donors (Lipinski definition) is 1. The summed E-state index contributed by atoms with van der Waals surface area (Å²) in [4.78, 5) is 3.21. The minimum atomic E-state index is 0.665. The molecule has 0 bridgehead atoms. The molecule has 1 saturated carbocycles. The number of nitrogens with two attached hydrogens (primary N) is 1. The van der Waals surface area contributed by atoms with Crippen LogP contribution in [0.5, 0.6) is 0 Å². The third kappa shape index (κ3) is 3.17. The van der Waals surface area contributed by atoms with Gasteiger partial charge in [-0.15, -0.1) is 0 Å². The van der Waals surface area contributed by atoms with E-state index in [1.54, 1.807) is 0 Å². The SMILES string of the molecule is NC(=S)CCN1CCC2(CCCCC2)CC1. The van der Waals surface area contributed by atoms with Gasteiger partial charge in [-0.2, -0.15) is 0 Å². The van der Waals surface area contributed by atoms with Crippen LogP contribution in [-0.2, 0) is 0 Å². The number of thiocarbonyl (C=S) groups is 1. The number of likely N-dealkylation sites (tertiary alicyclic amines) is 1. The highest BCUT2D eigenvalue weighted by atomic mass is 32.1. The first kappa shape index (κ1) is 12.3. The molecule has 1 heterocycles. The van der Waals surface area contributed by atoms with E-state index in [4.69, 9.17) is 18.0 Å². The van der Waals surface area contributed by atoms with Crippen LogP contribution in [0.15, 0.2) is 0 Å². The van der Waals surface area contributed by atoms with Crippen LogP contribution in [0.4, 0.5) is 0 Å². The molecule has 92 valence electrons. The van der Waals surface area contributed by atoms with E-state index in [0.29, 0.717) is 4.99 Å². The van der Waals surface area contributed by atoms with E-state index >= 15 is 0 Å². The van der Waals surface area contributed by atoms with Crippen molar-refractivity contribution in [3.63, 3.8) is 0 Å². The second-order valence-corrected chi connectivity index (χ2v) is 6.14. The third-order valence-electron chi connectivity index (χ3n) is 4.51. The van der Waals surface area contributed by atoms with Gasteiger partial charge in [0.2, 0.25) is 0 Å². The van der Waals surface area contributed by atoms with Crippen LogP contribution >= 0.6 is 12.2 Å². The molecule has 3 heteroatoms. The molecule has 0 unspecified atom stereocenters. The molecule has 2 nitrogen and oxygen atoms in total. The Kier molecular flexibility index (Phi) is 4.20. The lowest BCUT2D eigenvalue weighted by Crippen LogP contribution is -2.42. The van der Waals surface area contributed by atoms with E-state index in [1.165, 1.54) is 58.0 Å². The number of nitrogens with zero attached hydrogens (tertiary/aromatic N) is 1. The van der Waals surface area contributed by atoms with Gasteiger partial charge in [-0.3, -0.25) is 0 Å². The molecule has 0 atom stereocenters. The smallest absolute Gasteiger partial charge is 0.0740 e. The molecule has 0 aromatic rings. The highest BCUT2D eigenvalue weighted by Gasteiger charge is 2.35. The molecule has 1 saturated heterocycles. The first-order chi connectivity index (χ1) is 7.70. The zero-order valence-electron chi connectivity index (χ0n) is 10.2. The lowest BCUT2D eigenvalue weighted by molar-refractivity contribution is 0.0693. The largest absolute Gasteiger partial charge is 0.393 e. The molecule has 2 aliphatic rings. The molecule has 0 aromatic carbocycles. The van der Waals surface area contributed by atoms with Gasteiger partial charge in [-0.05, 0) is 44.2 Å². The van der Waals surface area contributed by atoms with E-state index < -0.39 is 0 Å². The quantitative estimate of drug-likeness (QED) is 0.769. The first-order valence-electron chi connectivity index (χ1n) is 6.71. The Bertz CT molecular complexity index is 236. The third-order valence-corrected chi connectivity index (χ3v) is 4.71. The Hall–Kier alpha value is -0.150. The summed E-state index contributed by atoms with van der Waals surface area (Å²) in [5.41, 5.74) is 6.27. The minimum absolute atomic E-state index is 0.665. The summed E-state index contributed by atoms with van der Waals surface area (Å²) in [7, 11) is 0. The van der Waals surface area contributed by atoms with Gasteiger partial charge >= 0.3 is 0 Å². The highest BCUT2D eigenvalue weighted by molar-refractivity contribution is 7.80. The lowest BCUT2D eigenvalue weighted by atomic mass is 9.68. The second-order valence-electron chi connectivity index (χ2n) is 5.62. The first-order valence-corrected chi connectivity index (χ1v) is 7.12. The van der Waals surface area contributed by atoms with Crippen LogP contribution in [0.3, 0.4) is 0 Å². The van der Waals surface area contributed by atoms with Crippen LogP contribution in [0.1, 0.15) is 51.4 Å². The van der Waals surface area contributed by atoms with Crippen molar-refractivity contribution in [2.75, 3.05) is 19.6 Å². The molecule has 2 rings (SSSR count). The maximum Gasteiger partial charge on any atom is 0.0740 e. The fourth-order valence-corrected chi connectivity index (χ4v) is 3.41. The topological polar surface area (TPSA) is 29.3 Å². The van der Waals surface area contributed by atoms with Crippen LogP contribution in [0.25, 0.3) is 0 Å². The number of piperidine rings is 1. The van der Waals surface area contributed by atoms with Crippen molar-refractivity contribution in [2.24, 2.45) is 11.1 Å². The summed E-state index contributed by atoms with van der Waals surface area (Å²) < 4.78 is 0. The highest BCUT2D eigenvalue weighted by Crippen LogP contribution is 2.44. The molecule has 0 radical (unpaired) electrons. The second kappa shape index (κ2) is 5.46. The number of hydrogen-bond acceptors (Lipinski definition) is 2. The molecule has 1 spiro atoms. The van der Waals surface area contributed by atoms with E-state index in [2.05, 4.69) is 4.90 Å². The van der Waals surface area contributed by atoms with Gasteiger partial charge in [-0.1, -0.05) is 31.5 Å². The van der Waals surface area contributed by atoms with Gasteiger partial charge < -0.3 is 10.6 Å². The molecule has 0 aromatic heterocycles. The summed E-state index contributed by atoms with van der Waals surface area (Å²) in [6, 6.07) is 0. The predicted molar refractivity (Wildman–Crippen MR) is 72.6 cm³/mol. The maximum absolute atomic E-state index is 5.55. The van der Waals surface area contributed by atoms with Gasteiger partial charge in [0.05, 0.1) is 4.99 Å². The van der Waals surface area contributed by atoms with Crippen LogP contribution < -0.4 is 5.73 Å². The van der Waals surface area contributed by atoms with E-state index in [-0.39, 0.29) is 0 Å². The summed E-state index contributed by atoms with van der Waals surface area (Å²) >= 11 is 4.93. The van der Waals surface area contributed by atoms with Gasteiger partial charge in [-0.25, -0.2) is 0 Å². The minimum Gasteiger partial charge on any atom is -0.393 e. The van der Waals surface area contributed by atoms with Crippen molar-refractivity contribution in [3.05, 3.63) is 0 Å². The summed E-state index contributed by atoms with van der Waals surface area (Å²) in [6.07, 6.45) is 11.1. The molecule has 1 aliphatic heterocycles.